The number of hydrogen-bond acceptors (Lipinski definition) is 2. The summed E-state index contributed by atoms with van der Waals surface area (Å²) in [6, 6.07) is 1.97. The molecule has 3 heteroatoms. The number of hydrogen-bond donors (Lipinski definition) is 0. The highest BCUT2D eigenvalue weighted by Crippen LogP contribution is 2.15. The van der Waals surface area contributed by atoms with Crippen molar-refractivity contribution < 1.29 is 4.79 Å². The van der Waals surface area contributed by atoms with Gasteiger partial charge in [0.05, 0.1) is 11.8 Å². The predicted octanol–water partition coefficient (Wildman–Crippen LogP) is 1.76. The van der Waals surface area contributed by atoms with Crippen LogP contribution in [0.4, 0.5) is 0 Å². The number of fused-ring (bicyclic) bond motifs is 1. The highest BCUT2D eigenvalue weighted by Gasteiger charge is 2.05. The van der Waals surface area contributed by atoms with Gasteiger partial charge in [-0.05, 0) is 25.5 Å². The van der Waals surface area contributed by atoms with Gasteiger partial charge in [-0.25, -0.2) is 4.98 Å². The third kappa shape index (κ3) is 1.13. The summed E-state index contributed by atoms with van der Waals surface area (Å²) in [5.41, 5.74) is 3.76. The van der Waals surface area contributed by atoms with Crippen LogP contribution >= 0.6 is 0 Å². The van der Waals surface area contributed by atoms with Crippen molar-refractivity contribution in [3.63, 3.8) is 0 Å². The van der Waals surface area contributed by atoms with Crippen molar-refractivity contribution in [3.8, 4) is 0 Å². The Labute approximate surface area is 76.0 Å². The lowest BCUT2D eigenvalue weighted by Crippen LogP contribution is -1.87. The molecule has 0 aliphatic rings. The van der Waals surface area contributed by atoms with Crippen LogP contribution in [0.3, 0.4) is 0 Å². The maximum atomic E-state index is 10.6. The molecule has 3 nitrogen and oxygen atoms in total. The van der Waals surface area contributed by atoms with Gasteiger partial charge in [0.25, 0.3) is 0 Å². The molecule has 0 aliphatic carbocycles. The van der Waals surface area contributed by atoms with Crippen LogP contribution in [0.15, 0.2) is 18.6 Å². The van der Waals surface area contributed by atoms with E-state index < -0.39 is 0 Å². The van der Waals surface area contributed by atoms with Gasteiger partial charge in [0.15, 0.2) is 6.29 Å². The van der Waals surface area contributed by atoms with Crippen LogP contribution in [0.1, 0.15) is 21.6 Å². The zero-order valence-corrected chi connectivity index (χ0v) is 7.61. The molecule has 2 heterocycles. The average Bonchev–Trinajstić information content (AvgIpc) is 2.44. The zero-order valence-electron chi connectivity index (χ0n) is 7.61. The zero-order chi connectivity index (χ0) is 9.42. The highest BCUT2D eigenvalue weighted by atomic mass is 16.1. The Morgan fingerprint density at radius 3 is 2.92 bits per heavy atom. The highest BCUT2D eigenvalue weighted by molar-refractivity contribution is 5.82. The third-order valence-electron chi connectivity index (χ3n) is 2.23. The number of aromatic nitrogens is 2. The standard InChI is InChI=1S/C10H10N2O/c1-7-3-10-8(2)9(5-13)4-12(10)6-11-7/h3-6H,1-2H3. The number of carbonyl (C=O) groups is 1. The van der Waals surface area contributed by atoms with E-state index >= 15 is 0 Å². The number of aldehydes is 1. The second-order valence-electron chi connectivity index (χ2n) is 3.15. The molecule has 0 saturated carbocycles. The van der Waals surface area contributed by atoms with Crippen molar-refractivity contribution in [2.45, 2.75) is 13.8 Å². The van der Waals surface area contributed by atoms with Crippen LogP contribution in [-0.2, 0) is 0 Å². The molecule has 2 rings (SSSR count). The van der Waals surface area contributed by atoms with Crippen molar-refractivity contribution in [1.82, 2.24) is 9.38 Å². The first-order valence-electron chi connectivity index (χ1n) is 4.11. The molecule has 2 aromatic rings. The van der Waals surface area contributed by atoms with Gasteiger partial charge in [-0.15, -0.1) is 0 Å². The van der Waals surface area contributed by atoms with E-state index in [4.69, 9.17) is 0 Å². The van der Waals surface area contributed by atoms with E-state index in [0.29, 0.717) is 0 Å². The molecule has 0 amide bonds. The molecule has 0 radical (unpaired) electrons. The second-order valence-corrected chi connectivity index (χ2v) is 3.15. The number of nitrogens with zero attached hydrogens (tertiary/aromatic N) is 2. The molecule has 0 spiro atoms. The monoisotopic (exact) mass is 174 g/mol. The Hall–Kier alpha value is -1.64. The predicted molar refractivity (Wildman–Crippen MR) is 50.1 cm³/mol. The molecule has 0 fully saturated rings. The Morgan fingerprint density at radius 1 is 1.46 bits per heavy atom. The largest absolute Gasteiger partial charge is 0.307 e. The van der Waals surface area contributed by atoms with Gasteiger partial charge in [0.1, 0.15) is 0 Å². The van der Waals surface area contributed by atoms with Crippen LogP contribution < -0.4 is 0 Å². The van der Waals surface area contributed by atoms with E-state index in [0.717, 1.165) is 28.6 Å². The molecule has 66 valence electrons. The van der Waals surface area contributed by atoms with Crippen molar-refractivity contribution >= 4 is 11.8 Å². The molecular formula is C10H10N2O. The lowest BCUT2D eigenvalue weighted by molar-refractivity contribution is 0.112. The molecule has 0 aromatic carbocycles. The molecule has 0 aliphatic heterocycles. The molecule has 0 N–H and O–H groups in total. The van der Waals surface area contributed by atoms with E-state index in [-0.39, 0.29) is 0 Å². The maximum Gasteiger partial charge on any atom is 0.151 e. The minimum absolute atomic E-state index is 0.729. The minimum atomic E-state index is 0.729. The SMILES string of the molecule is Cc1cc2c(C)c(C=O)cn2cn1. The topological polar surface area (TPSA) is 34.4 Å². The lowest BCUT2D eigenvalue weighted by Gasteiger charge is -1.95. The molecule has 0 unspecified atom stereocenters. The Bertz CT molecular complexity index is 471. The van der Waals surface area contributed by atoms with E-state index in [2.05, 4.69) is 4.98 Å². The van der Waals surface area contributed by atoms with Crippen LogP contribution in [0.2, 0.25) is 0 Å². The van der Waals surface area contributed by atoms with Gasteiger partial charge < -0.3 is 4.40 Å². The van der Waals surface area contributed by atoms with Crippen LogP contribution in [0.25, 0.3) is 5.52 Å². The van der Waals surface area contributed by atoms with Crippen LogP contribution in [0, 0.1) is 13.8 Å². The molecule has 13 heavy (non-hydrogen) atoms. The van der Waals surface area contributed by atoms with E-state index in [1.54, 1.807) is 12.5 Å². The smallest absolute Gasteiger partial charge is 0.151 e. The summed E-state index contributed by atoms with van der Waals surface area (Å²) in [5.74, 6) is 0. The number of rotatable bonds is 1. The van der Waals surface area contributed by atoms with Crippen molar-refractivity contribution in [3.05, 3.63) is 35.4 Å². The van der Waals surface area contributed by atoms with Gasteiger partial charge in [0.2, 0.25) is 0 Å². The minimum Gasteiger partial charge on any atom is -0.307 e. The number of carbonyl (C=O) groups excluding carboxylic acids is 1. The summed E-state index contributed by atoms with van der Waals surface area (Å²) in [4.78, 5) is 14.8. The normalized spacial score (nSPS) is 10.6. The average molecular weight is 174 g/mol. The second kappa shape index (κ2) is 2.69. The van der Waals surface area contributed by atoms with Crippen molar-refractivity contribution in [2.75, 3.05) is 0 Å². The first-order chi connectivity index (χ1) is 6.22. The fourth-order valence-electron chi connectivity index (χ4n) is 1.44. The molecule has 0 bridgehead atoms. The summed E-state index contributed by atoms with van der Waals surface area (Å²) < 4.78 is 1.87. The van der Waals surface area contributed by atoms with Gasteiger partial charge in [-0.2, -0.15) is 0 Å². The van der Waals surface area contributed by atoms with Gasteiger partial charge in [0, 0.05) is 17.5 Å². The summed E-state index contributed by atoms with van der Waals surface area (Å²) in [7, 11) is 0. The van der Waals surface area contributed by atoms with Crippen molar-refractivity contribution in [1.29, 1.82) is 0 Å². The first kappa shape index (κ1) is 7.98. The maximum absolute atomic E-state index is 10.6. The van der Waals surface area contributed by atoms with E-state index in [9.17, 15) is 4.79 Å². The third-order valence-corrected chi connectivity index (χ3v) is 2.23. The molecular weight excluding hydrogens is 164 g/mol. The van der Waals surface area contributed by atoms with Gasteiger partial charge >= 0.3 is 0 Å². The Kier molecular flexibility index (Phi) is 1.65. The molecule has 0 saturated heterocycles. The lowest BCUT2D eigenvalue weighted by atomic mass is 10.2. The fraction of sp³-hybridized carbons (Fsp3) is 0.200. The number of aryl methyl sites for hydroxylation is 2. The fourth-order valence-corrected chi connectivity index (χ4v) is 1.44. The van der Waals surface area contributed by atoms with Crippen molar-refractivity contribution in [2.24, 2.45) is 0 Å². The Balaban J connectivity index is 2.84. The van der Waals surface area contributed by atoms with Crippen LogP contribution in [0.5, 0.6) is 0 Å². The summed E-state index contributed by atoms with van der Waals surface area (Å²) in [5, 5.41) is 0. The van der Waals surface area contributed by atoms with E-state index in [1.165, 1.54) is 0 Å². The molecule has 0 atom stereocenters. The quantitative estimate of drug-likeness (QED) is 0.617. The molecule has 2 aromatic heterocycles. The summed E-state index contributed by atoms with van der Waals surface area (Å²) in [6.07, 6.45) is 4.40. The first-order valence-corrected chi connectivity index (χ1v) is 4.11. The van der Waals surface area contributed by atoms with E-state index in [1.807, 2.05) is 24.3 Å². The summed E-state index contributed by atoms with van der Waals surface area (Å²) >= 11 is 0. The Morgan fingerprint density at radius 2 is 2.23 bits per heavy atom. The van der Waals surface area contributed by atoms with Gasteiger partial charge in [-0.3, -0.25) is 4.79 Å². The van der Waals surface area contributed by atoms with Crippen LogP contribution in [-0.4, -0.2) is 15.7 Å². The summed E-state index contributed by atoms with van der Waals surface area (Å²) in [6.45, 7) is 3.88. The van der Waals surface area contributed by atoms with Gasteiger partial charge in [-0.1, -0.05) is 0 Å².